The first-order valence-electron chi connectivity index (χ1n) is 9.96. The average Bonchev–Trinajstić information content (AvgIpc) is 3.22. The number of hydrogen-bond donors (Lipinski definition) is 2. The predicted molar refractivity (Wildman–Crippen MR) is 116 cm³/mol. The lowest BCUT2D eigenvalue weighted by Crippen LogP contribution is -2.35. The molecule has 0 saturated carbocycles. The maximum atomic E-state index is 13.2. The van der Waals surface area contributed by atoms with Crippen LogP contribution < -0.4 is 10.6 Å². The lowest BCUT2D eigenvalue weighted by atomic mass is 10.0. The van der Waals surface area contributed by atoms with Crippen LogP contribution >= 0.6 is 0 Å². The van der Waals surface area contributed by atoms with E-state index >= 15 is 0 Å². The van der Waals surface area contributed by atoms with Gasteiger partial charge in [-0.1, -0.05) is 30.3 Å². The molecule has 0 atom stereocenters. The summed E-state index contributed by atoms with van der Waals surface area (Å²) in [5.74, 6) is -4.13. The Labute approximate surface area is 186 Å². The number of benzene rings is 3. The standard InChI is InChI=1S/C24H18F2N2O5/c25-18-7-6-16(10-19(18)26)28-21(29)11-27-22(30)13-33-23(31)9-15-12-32-20-8-5-14-3-1-2-4-17(14)24(15)20/h1-8,10,12H,9,11,13H2,(H,27,30)(H,28,29). The number of fused-ring (bicyclic) bond motifs is 3. The maximum absolute atomic E-state index is 13.2. The van der Waals surface area contributed by atoms with E-state index < -0.39 is 42.6 Å². The van der Waals surface area contributed by atoms with Crippen molar-refractivity contribution in [1.29, 1.82) is 0 Å². The summed E-state index contributed by atoms with van der Waals surface area (Å²) in [6.07, 6.45) is 1.39. The molecule has 2 amide bonds. The third kappa shape index (κ3) is 5.15. The summed E-state index contributed by atoms with van der Waals surface area (Å²) in [5.41, 5.74) is 1.32. The van der Waals surface area contributed by atoms with Gasteiger partial charge < -0.3 is 19.8 Å². The summed E-state index contributed by atoms with van der Waals surface area (Å²) in [6, 6.07) is 14.3. The summed E-state index contributed by atoms with van der Waals surface area (Å²) in [4.78, 5) is 36.0. The monoisotopic (exact) mass is 452 g/mol. The zero-order chi connectivity index (χ0) is 23.4. The first-order chi connectivity index (χ1) is 15.9. The van der Waals surface area contributed by atoms with E-state index in [9.17, 15) is 23.2 Å². The molecule has 0 aliphatic carbocycles. The summed E-state index contributed by atoms with van der Waals surface area (Å²) >= 11 is 0. The molecule has 1 heterocycles. The molecule has 1 aromatic heterocycles. The number of nitrogens with one attached hydrogen (secondary N) is 2. The van der Waals surface area contributed by atoms with Crippen LogP contribution in [0.4, 0.5) is 14.5 Å². The summed E-state index contributed by atoms with van der Waals surface area (Å²) in [7, 11) is 0. The molecule has 9 heteroatoms. The Morgan fingerprint density at radius 2 is 1.76 bits per heavy atom. The molecular formula is C24H18F2N2O5. The molecule has 0 aliphatic rings. The van der Waals surface area contributed by atoms with Crippen LogP contribution in [0, 0.1) is 11.6 Å². The summed E-state index contributed by atoms with van der Waals surface area (Å²) in [6.45, 7) is -1.01. The third-order valence-electron chi connectivity index (χ3n) is 4.89. The summed E-state index contributed by atoms with van der Waals surface area (Å²) < 4.78 is 36.6. The Balaban J connectivity index is 1.27. The Morgan fingerprint density at radius 1 is 0.939 bits per heavy atom. The van der Waals surface area contributed by atoms with E-state index in [0.29, 0.717) is 11.1 Å². The van der Waals surface area contributed by atoms with Crippen molar-refractivity contribution >= 4 is 45.2 Å². The highest BCUT2D eigenvalue weighted by Crippen LogP contribution is 2.30. The van der Waals surface area contributed by atoms with Gasteiger partial charge in [0, 0.05) is 22.7 Å². The minimum absolute atomic E-state index is 0.0411. The van der Waals surface area contributed by atoms with Gasteiger partial charge in [0.15, 0.2) is 18.2 Å². The molecule has 168 valence electrons. The first kappa shape index (κ1) is 21.9. The molecule has 33 heavy (non-hydrogen) atoms. The molecule has 0 bridgehead atoms. The fourth-order valence-corrected chi connectivity index (χ4v) is 3.37. The van der Waals surface area contributed by atoms with E-state index in [-0.39, 0.29) is 12.1 Å². The molecule has 4 rings (SSSR count). The number of amides is 2. The molecule has 0 aliphatic heterocycles. The molecule has 0 unspecified atom stereocenters. The van der Waals surface area contributed by atoms with Gasteiger partial charge in [-0.3, -0.25) is 14.4 Å². The van der Waals surface area contributed by atoms with Crippen molar-refractivity contribution in [2.75, 3.05) is 18.5 Å². The number of carbonyl (C=O) groups excluding carboxylic acids is 3. The number of carbonyl (C=O) groups is 3. The van der Waals surface area contributed by atoms with Crippen molar-refractivity contribution in [3.05, 3.63) is 78.1 Å². The van der Waals surface area contributed by atoms with Crippen molar-refractivity contribution in [3.63, 3.8) is 0 Å². The molecule has 3 aromatic carbocycles. The highest BCUT2D eigenvalue weighted by molar-refractivity contribution is 6.08. The molecular weight excluding hydrogens is 434 g/mol. The average molecular weight is 452 g/mol. The second-order valence-corrected chi connectivity index (χ2v) is 7.21. The predicted octanol–water partition coefficient (Wildman–Crippen LogP) is 3.70. The Kier molecular flexibility index (Phi) is 6.30. The smallest absolute Gasteiger partial charge is 0.310 e. The van der Waals surface area contributed by atoms with Gasteiger partial charge in [-0.25, -0.2) is 8.78 Å². The van der Waals surface area contributed by atoms with Gasteiger partial charge in [-0.15, -0.1) is 0 Å². The van der Waals surface area contributed by atoms with Crippen LogP contribution in [-0.2, 0) is 25.5 Å². The van der Waals surface area contributed by atoms with Crippen LogP contribution in [0.15, 0.2) is 65.3 Å². The lowest BCUT2D eigenvalue weighted by molar-refractivity contribution is -0.147. The van der Waals surface area contributed by atoms with Crippen LogP contribution in [0.25, 0.3) is 21.7 Å². The zero-order valence-electron chi connectivity index (χ0n) is 17.2. The second-order valence-electron chi connectivity index (χ2n) is 7.21. The van der Waals surface area contributed by atoms with Gasteiger partial charge in [0.25, 0.3) is 5.91 Å². The van der Waals surface area contributed by atoms with Crippen molar-refractivity contribution in [2.24, 2.45) is 0 Å². The maximum Gasteiger partial charge on any atom is 0.310 e. The largest absolute Gasteiger partial charge is 0.464 e. The van der Waals surface area contributed by atoms with Gasteiger partial charge >= 0.3 is 5.97 Å². The SMILES string of the molecule is O=C(COC(=O)Cc1coc2ccc3ccccc3c12)NCC(=O)Nc1ccc(F)c(F)c1. The molecule has 0 saturated heterocycles. The highest BCUT2D eigenvalue weighted by Gasteiger charge is 2.15. The number of furan rings is 1. The number of esters is 1. The first-order valence-corrected chi connectivity index (χ1v) is 9.96. The zero-order valence-corrected chi connectivity index (χ0v) is 17.2. The van der Waals surface area contributed by atoms with Gasteiger partial charge in [-0.05, 0) is 29.0 Å². The van der Waals surface area contributed by atoms with Gasteiger partial charge in [-0.2, -0.15) is 0 Å². The number of hydrogen-bond acceptors (Lipinski definition) is 5. The van der Waals surface area contributed by atoms with Crippen LogP contribution in [0.1, 0.15) is 5.56 Å². The van der Waals surface area contributed by atoms with E-state index in [1.165, 1.54) is 12.3 Å². The lowest BCUT2D eigenvalue weighted by Gasteiger charge is -2.08. The molecule has 7 nitrogen and oxygen atoms in total. The van der Waals surface area contributed by atoms with E-state index in [0.717, 1.165) is 28.3 Å². The van der Waals surface area contributed by atoms with Crippen LogP contribution in [0.5, 0.6) is 0 Å². The van der Waals surface area contributed by atoms with Crippen molar-refractivity contribution in [2.45, 2.75) is 6.42 Å². The minimum atomic E-state index is -1.11. The second kappa shape index (κ2) is 9.47. The van der Waals surface area contributed by atoms with Gasteiger partial charge in [0.1, 0.15) is 5.58 Å². The Hall–Kier alpha value is -4.27. The third-order valence-corrected chi connectivity index (χ3v) is 4.89. The van der Waals surface area contributed by atoms with Crippen LogP contribution in [0.3, 0.4) is 0 Å². The molecule has 4 aromatic rings. The molecule has 0 spiro atoms. The number of rotatable bonds is 7. The van der Waals surface area contributed by atoms with Crippen molar-refractivity contribution < 1.29 is 32.3 Å². The molecule has 2 N–H and O–H groups in total. The van der Waals surface area contributed by atoms with Crippen LogP contribution in [-0.4, -0.2) is 30.9 Å². The van der Waals surface area contributed by atoms with Crippen molar-refractivity contribution in [1.82, 2.24) is 5.32 Å². The Bertz CT molecular complexity index is 1370. The van der Waals surface area contributed by atoms with E-state index in [1.807, 2.05) is 36.4 Å². The van der Waals surface area contributed by atoms with Gasteiger partial charge in [0.05, 0.1) is 19.2 Å². The van der Waals surface area contributed by atoms with E-state index in [1.54, 1.807) is 0 Å². The quantitative estimate of drug-likeness (QED) is 0.417. The fraction of sp³-hybridized carbons (Fsp3) is 0.125. The summed E-state index contributed by atoms with van der Waals surface area (Å²) in [5, 5.41) is 7.35. The fourth-order valence-electron chi connectivity index (χ4n) is 3.37. The van der Waals surface area contributed by atoms with Gasteiger partial charge in [0.2, 0.25) is 5.91 Å². The molecule has 0 fully saturated rings. The van der Waals surface area contributed by atoms with Crippen LogP contribution in [0.2, 0.25) is 0 Å². The van der Waals surface area contributed by atoms with Crippen molar-refractivity contribution in [3.8, 4) is 0 Å². The molecule has 0 radical (unpaired) electrons. The normalized spacial score (nSPS) is 10.8. The van der Waals surface area contributed by atoms with E-state index in [4.69, 9.17) is 9.15 Å². The number of halogens is 2. The number of anilines is 1. The highest BCUT2D eigenvalue weighted by atomic mass is 19.2. The minimum Gasteiger partial charge on any atom is -0.464 e. The Morgan fingerprint density at radius 3 is 2.58 bits per heavy atom. The number of ether oxygens (including phenoxy) is 1. The topological polar surface area (TPSA) is 97.6 Å². The van der Waals surface area contributed by atoms with E-state index in [2.05, 4.69) is 10.6 Å².